The number of rotatable bonds is 1. The molecule has 0 saturated heterocycles. The van der Waals surface area contributed by atoms with Crippen molar-refractivity contribution in [2.45, 2.75) is 58.8 Å². The first-order chi connectivity index (χ1) is 12.0. The number of furan rings is 1. The fraction of sp³-hybridized carbons (Fsp3) is 0.609. The largest absolute Gasteiger partial charge is 0.465 e. The van der Waals surface area contributed by atoms with Crippen LogP contribution >= 0.6 is 0 Å². The Morgan fingerprint density at radius 1 is 1.08 bits per heavy atom. The molecular weight excluding hydrogens is 308 g/mol. The fourth-order valence-corrected chi connectivity index (χ4v) is 6.86. The Hall–Kier alpha value is -1.57. The summed E-state index contributed by atoms with van der Waals surface area (Å²) >= 11 is 0. The lowest BCUT2D eigenvalue weighted by Gasteiger charge is -2.57. The van der Waals surface area contributed by atoms with Crippen molar-refractivity contribution in [1.82, 2.24) is 0 Å². The Labute approximate surface area is 150 Å². The highest BCUT2D eigenvalue weighted by atomic mass is 16.3. The summed E-state index contributed by atoms with van der Waals surface area (Å²) in [6.45, 7) is 4.93. The SMILES string of the molecule is C[C@]12CCC(=O)CC1=CCC1C2CC[C@]2(C)C(c3ccco3)=CCC12. The van der Waals surface area contributed by atoms with Crippen LogP contribution in [0.1, 0.15) is 64.6 Å². The Balaban J connectivity index is 1.49. The van der Waals surface area contributed by atoms with Gasteiger partial charge in [-0.3, -0.25) is 4.79 Å². The molecule has 2 nitrogen and oxygen atoms in total. The number of hydrogen-bond donors (Lipinski definition) is 0. The van der Waals surface area contributed by atoms with Gasteiger partial charge in [0.15, 0.2) is 0 Å². The lowest BCUT2D eigenvalue weighted by molar-refractivity contribution is -0.122. The maximum atomic E-state index is 12.0. The van der Waals surface area contributed by atoms with Crippen LogP contribution in [0.4, 0.5) is 0 Å². The van der Waals surface area contributed by atoms with Crippen molar-refractivity contribution in [2.75, 3.05) is 0 Å². The van der Waals surface area contributed by atoms with Crippen molar-refractivity contribution in [1.29, 1.82) is 0 Å². The summed E-state index contributed by atoms with van der Waals surface area (Å²) < 4.78 is 5.77. The van der Waals surface area contributed by atoms with E-state index in [-0.39, 0.29) is 10.8 Å². The standard InChI is InChI=1S/C23H28O2/c1-22-11-9-16(24)14-15(22)5-6-17-18-7-8-20(21-4-3-13-25-21)23(18,2)12-10-19(17)22/h3-5,8,13,17-19H,6-7,9-12,14H2,1-2H3/t17?,18?,19?,22-,23-/m0/s1. The lowest BCUT2D eigenvalue weighted by Crippen LogP contribution is -2.49. The van der Waals surface area contributed by atoms with Crippen LogP contribution in [0.2, 0.25) is 0 Å². The van der Waals surface area contributed by atoms with Gasteiger partial charge in [-0.05, 0) is 78.4 Å². The Bertz CT molecular complexity index is 768. The molecule has 0 amide bonds. The van der Waals surface area contributed by atoms with Crippen LogP contribution in [0.25, 0.3) is 5.57 Å². The molecule has 0 spiro atoms. The Morgan fingerprint density at radius 2 is 1.96 bits per heavy atom. The predicted octanol–water partition coefficient (Wildman–Crippen LogP) is 5.80. The summed E-state index contributed by atoms with van der Waals surface area (Å²) in [6.07, 6.45) is 14.2. The molecule has 5 atom stereocenters. The van der Waals surface area contributed by atoms with E-state index in [9.17, 15) is 4.79 Å². The smallest absolute Gasteiger partial charge is 0.136 e. The van der Waals surface area contributed by atoms with E-state index in [0.717, 1.165) is 42.8 Å². The van der Waals surface area contributed by atoms with E-state index in [4.69, 9.17) is 4.42 Å². The summed E-state index contributed by atoms with van der Waals surface area (Å²) in [6, 6.07) is 4.13. The number of ketones is 1. The number of carbonyl (C=O) groups excluding carboxylic acids is 1. The highest BCUT2D eigenvalue weighted by Gasteiger charge is 2.57. The zero-order valence-corrected chi connectivity index (χ0v) is 15.4. The molecule has 25 heavy (non-hydrogen) atoms. The van der Waals surface area contributed by atoms with Gasteiger partial charge in [0.1, 0.15) is 11.5 Å². The van der Waals surface area contributed by atoms with Crippen molar-refractivity contribution in [3.63, 3.8) is 0 Å². The third-order valence-corrected chi connectivity index (χ3v) is 8.30. The van der Waals surface area contributed by atoms with Crippen LogP contribution in [0.5, 0.6) is 0 Å². The molecule has 1 aromatic heterocycles. The van der Waals surface area contributed by atoms with Crippen LogP contribution in [-0.2, 0) is 4.79 Å². The second-order valence-corrected chi connectivity index (χ2v) is 9.26. The molecule has 132 valence electrons. The molecule has 1 heterocycles. The quantitative estimate of drug-likeness (QED) is 0.606. The van der Waals surface area contributed by atoms with Crippen molar-refractivity contribution >= 4 is 11.4 Å². The third-order valence-electron chi connectivity index (χ3n) is 8.30. The second kappa shape index (κ2) is 5.22. The van der Waals surface area contributed by atoms with Gasteiger partial charge in [0.2, 0.25) is 0 Å². The van der Waals surface area contributed by atoms with E-state index in [1.807, 2.05) is 6.07 Å². The van der Waals surface area contributed by atoms with Gasteiger partial charge in [0.25, 0.3) is 0 Å². The van der Waals surface area contributed by atoms with Crippen LogP contribution < -0.4 is 0 Å². The van der Waals surface area contributed by atoms with Gasteiger partial charge in [-0.15, -0.1) is 0 Å². The first-order valence-corrected chi connectivity index (χ1v) is 9.98. The van der Waals surface area contributed by atoms with E-state index in [1.54, 1.807) is 6.26 Å². The summed E-state index contributed by atoms with van der Waals surface area (Å²) in [4.78, 5) is 12.0. The highest BCUT2D eigenvalue weighted by Crippen LogP contribution is 2.66. The molecule has 2 heteroatoms. The molecule has 0 aliphatic heterocycles. The molecule has 0 aromatic carbocycles. The number of hydrogen-bond acceptors (Lipinski definition) is 2. The maximum Gasteiger partial charge on any atom is 0.136 e. The van der Waals surface area contributed by atoms with Gasteiger partial charge in [-0.1, -0.05) is 31.6 Å². The zero-order valence-electron chi connectivity index (χ0n) is 15.4. The lowest BCUT2D eigenvalue weighted by atomic mass is 9.47. The van der Waals surface area contributed by atoms with Crippen LogP contribution in [-0.4, -0.2) is 5.78 Å². The van der Waals surface area contributed by atoms with Gasteiger partial charge in [0.05, 0.1) is 6.26 Å². The molecule has 4 aliphatic carbocycles. The monoisotopic (exact) mass is 336 g/mol. The number of Topliss-reactive ketones (excluding diaryl/α,β-unsaturated/α-hetero) is 1. The molecule has 5 rings (SSSR count). The maximum absolute atomic E-state index is 12.0. The van der Waals surface area contributed by atoms with Crippen molar-refractivity contribution in [3.8, 4) is 0 Å². The Kier molecular flexibility index (Phi) is 3.27. The minimum atomic E-state index is 0.255. The van der Waals surface area contributed by atoms with Crippen molar-refractivity contribution in [2.24, 2.45) is 28.6 Å². The van der Waals surface area contributed by atoms with E-state index in [1.165, 1.54) is 36.8 Å². The fourth-order valence-electron chi connectivity index (χ4n) is 6.86. The average molecular weight is 336 g/mol. The van der Waals surface area contributed by atoms with Crippen LogP contribution in [0, 0.1) is 28.6 Å². The zero-order chi connectivity index (χ0) is 17.2. The first kappa shape index (κ1) is 15.7. The third kappa shape index (κ3) is 2.06. The predicted molar refractivity (Wildman–Crippen MR) is 98.8 cm³/mol. The Morgan fingerprint density at radius 3 is 2.76 bits per heavy atom. The number of fused-ring (bicyclic) bond motifs is 5. The van der Waals surface area contributed by atoms with Crippen LogP contribution in [0.3, 0.4) is 0 Å². The average Bonchev–Trinajstić information content (AvgIpc) is 3.22. The molecule has 1 aromatic rings. The number of carbonyl (C=O) groups is 1. The van der Waals surface area contributed by atoms with Crippen LogP contribution in [0.15, 0.2) is 40.5 Å². The van der Waals surface area contributed by atoms with Gasteiger partial charge in [0, 0.05) is 12.8 Å². The van der Waals surface area contributed by atoms with Gasteiger partial charge < -0.3 is 4.42 Å². The summed E-state index contributed by atoms with van der Waals surface area (Å²) in [5.41, 5.74) is 3.43. The summed E-state index contributed by atoms with van der Waals surface area (Å²) in [7, 11) is 0. The van der Waals surface area contributed by atoms with E-state index in [0.29, 0.717) is 5.78 Å². The van der Waals surface area contributed by atoms with E-state index >= 15 is 0 Å². The molecular formula is C23H28O2. The molecule has 0 radical (unpaired) electrons. The molecule has 2 fully saturated rings. The second-order valence-electron chi connectivity index (χ2n) is 9.26. The van der Waals surface area contributed by atoms with E-state index < -0.39 is 0 Å². The highest BCUT2D eigenvalue weighted by molar-refractivity contribution is 5.82. The molecule has 4 aliphatic rings. The molecule has 2 saturated carbocycles. The molecule has 0 bridgehead atoms. The van der Waals surface area contributed by atoms with Gasteiger partial charge in [-0.25, -0.2) is 0 Å². The molecule has 3 unspecified atom stereocenters. The summed E-state index contributed by atoms with van der Waals surface area (Å²) in [5.74, 6) is 3.75. The van der Waals surface area contributed by atoms with Crippen molar-refractivity contribution < 1.29 is 9.21 Å². The molecule has 0 N–H and O–H groups in total. The summed E-state index contributed by atoms with van der Waals surface area (Å²) in [5, 5.41) is 0. The van der Waals surface area contributed by atoms with Gasteiger partial charge in [-0.2, -0.15) is 0 Å². The first-order valence-electron chi connectivity index (χ1n) is 9.98. The van der Waals surface area contributed by atoms with Gasteiger partial charge >= 0.3 is 0 Å². The normalized spacial score (nSPS) is 43.0. The topological polar surface area (TPSA) is 30.2 Å². The minimum Gasteiger partial charge on any atom is -0.465 e. The number of allylic oxidation sites excluding steroid dienone is 4. The van der Waals surface area contributed by atoms with E-state index in [2.05, 4.69) is 32.1 Å². The minimum absolute atomic E-state index is 0.255. The van der Waals surface area contributed by atoms with Crippen molar-refractivity contribution in [3.05, 3.63) is 41.9 Å².